The van der Waals surface area contributed by atoms with E-state index in [9.17, 15) is 18.3 Å². The van der Waals surface area contributed by atoms with Crippen molar-refractivity contribution in [2.75, 3.05) is 11.3 Å². The molecule has 1 aromatic heterocycles. The summed E-state index contributed by atoms with van der Waals surface area (Å²) in [5.41, 5.74) is 9.31. The second-order valence-corrected chi connectivity index (χ2v) is 11.6. The zero-order valence-electron chi connectivity index (χ0n) is 21.1. The lowest BCUT2D eigenvalue weighted by atomic mass is 9.89. The summed E-state index contributed by atoms with van der Waals surface area (Å²) < 4.78 is 34.3. The van der Waals surface area contributed by atoms with E-state index < -0.39 is 16.0 Å². The van der Waals surface area contributed by atoms with Crippen molar-refractivity contribution in [2.24, 2.45) is 11.1 Å². The number of carbonyl (C=O) groups is 1. The van der Waals surface area contributed by atoms with Crippen LogP contribution in [0.25, 0.3) is 11.3 Å². The topological polar surface area (TPSA) is 144 Å². The van der Waals surface area contributed by atoms with Crippen molar-refractivity contribution in [3.8, 4) is 17.1 Å². The number of carboxylic acids is 1. The number of nitrogens with two attached hydrogens (primary N) is 1. The standard InChI is InChI=1S/C26H32N4O5S/c1-16-8-6-9-17(2)23(16)21-13-22(35-15-19(27)14-26(3,4)5)29-25(28-21)30-36(33,34)20-11-7-10-18(12-20)24(31)32/h6-13,19H,14-15,27H2,1-5H3,(H,31,32)(H,28,29,30)/t19-/m1/s1. The van der Waals surface area contributed by atoms with Crippen LogP contribution in [0.1, 0.15) is 48.7 Å². The maximum Gasteiger partial charge on any atom is 0.335 e. The number of rotatable bonds is 9. The number of nitrogens with one attached hydrogen (secondary N) is 1. The Labute approximate surface area is 211 Å². The molecule has 0 spiro atoms. The van der Waals surface area contributed by atoms with E-state index in [4.69, 9.17) is 10.5 Å². The van der Waals surface area contributed by atoms with Crippen LogP contribution in [0, 0.1) is 19.3 Å². The number of hydrogen-bond acceptors (Lipinski definition) is 7. The average molecular weight is 513 g/mol. The molecule has 3 aromatic rings. The summed E-state index contributed by atoms with van der Waals surface area (Å²) >= 11 is 0. The third kappa shape index (κ3) is 7.02. The molecule has 0 aliphatic rings. The molecule has 4 N–H and O–H groups in total. The van der Waals surface area contributed by atoms with E-state index in [0.29, 0.717) is 5.69 Å². The highest BCUT2D eigenvalue weighted by Gasteiger charge is 2.21. The van der Waals surface area contributed by atoms with Crippen LogP contribution in [0.15, 0.2) is 53.4 Å². The van der Waals surface area contributed by atoms with Gasteiger partial charge < -0.3 is 15.6 Å². The number of carboxylic acid groups (broad SMARTS) is 1. The van der Waals surface area contributed by atoms with Crippen molar-refractivity contribution in [1.29, 1.82) is 0 Å². The molecule has 9 nitrogen and oxygen atoms in total. The van der Waals surface area contributed by atoms with Crippen LogP contribution in [0.5, 0.6) is 5.88 Å². The van der Waals surface area contributed by atoms with E-state index in [1.807, 2.05) is 32.0 Å². The predicted octanol–water partition coefficient (Wildman–Crippen LogP) is 4.40. The van der Waals surface area contributed by atoms with Gasteiger partial charge in [0.05, 0.1) is 16.2 Å². The first-order valence-corrected chi connectivity index (χ1v) is 12.9. The maximum atomic E-state index is 13.0. The first kappa shape index (κ1) is 27.1. The number of ether oxygens (including phenoxy) is 1. The molecule has 0 fully saturated rings. The Morgan fingerprint density at radius 1 is 1.08 bits per heavy atom. The number of anilines is 1. The minimum atomic E-state index is -4.18. The number of hydrogen-bond donors (Lipinski definition) is 3. The van der Waals surface area contributed by atoms with Crippen LogP contribution in [0.3, 0.4) is 0 Å². The Hall–Kier alpha value is -3.50. The number of aromatic carboxylic acids is 1. The number of aryl methyl sites for hydroxylation is 2. The fourth-order valence-electron chi connectivity index (χ4n) is 3.90. The average Bonchev–Trinajstić information content (AvgIpc) is 2.76. The highest BCUT2D eigenvalue weighted by atomic mass is 32.2. The van der Waals surface area contributed by atoms with Gasteiger partial charge in [0, 0.05) is 17.7 Å². The molecule has 0 unspecified atom stereocenters. The smallest absolute Gasteiger partial charge is 0.335 e. The lowest BCUT2D eigenvalue weighted by Gasteiger charge is -2.23. The molecule has 36 heavy (non-hydrogen) atoms. The molecule has 3 rings (SSSR count). The summed E-state index contributed by atoms with van der Waals surface area (Å²) in [6, 6.07) is 12.2. The number of aromatic nitrogens is 2. The Kier molecular flexibility index (Phi) is 8.00. The molecule has 1 heterocycles. The molecule has 1 atom stereocenters. The summed E-state index contributed by atoms with van der Waals surface area (Å²) in [7, 11) is -4.18. The molecule has 0 aliphatic carbocycles. The zero-order chi connectivity index (χ0) is 26.7. The number of sulfonamides is 1. The maximum absolute atomic E-state index is 13.0. The summed E-state index contributed by atoms with van der Waals surface area (Å²) in [6.07, 6.45) is 0.723. The van der Waals surface area contributed by atoms with E-state index in [0.717, 1.165) is 29.2 Å². The zero-order valence-corrected chi connectivity index (χ0v) is 21.9. The van der Waals surface area contributed by atoms with Gasteiger partial charge in [-0.2, -0.15) is 4.98 Å². The number of nitrogens with zero attached hydrogens (tertiary/aromatic N) is 2. The lowest BCUT2D eigenvalue weighted by molar-refractivity contribution is 0.0696. The molecule has 0 bridgehead atoms. The highest BCUT2D eigenvalue weighted by Crippen LogP contribution is 2.29. The van der Waals surface area contributed by atoms with Gasteiger partial charge in [-0.15, -0.1) is 0 Å². The van der Waals surface area contributed by atoms with Gasteiger partial charge in [0.1, 0.15) is 6.61 Å². The van der Waals surface area contributed by atoms with Gasteiger partial charge in [0.15, 0.2) is 0 Å². The van der Waals surface area contributed by atoms with E-state index in [1.54, 1.807) is 6.07 Å². The minimum absolute atomic E-state index is 0.0170. The van der Waals surface area contributed by atoms with Crippen molar-refractivity contribution in [1.82, 2.24) is 9.97 Å². The summed E-state index contributed by atoms with van der Waals surface area (Å²) in [5, 5.41) is 9.22. The largest absolute Gasteiger partial charge is 0.478 e. The summed E-state index contributed by atoms with van der Waals surface area (Å²) in [6.45, 7) is 10.3. The lowest BCUT2D eigenvalue weighted by Crippen LogP contribution is -2.32. The first-order valence-electron chi connectivity index (χ1n) is 11.5. The van der Waals surface area contributed by atoms with E-state index in [1.165, 1.54) is 18.2 Å². The van der Waals surface area contributed by atoms with Crippen molar-refractivity contribution < 1.29 is 23.1 Å². The third-order valence-corrected chi connectivity index (χ3v) is 6.70. The van der Waals surface area contributed by atoms with Gasteiger partial charge >= 0.3 is 5.97 Å². The Morgan fingerprint density at radius 3 is 2.33 bits per heavy atom. The molecule has 0 radical (unpaired) electrons. The van der Waals surface area contributed by atoms with Crippen molar-refractivity contribution in [3.63, 3.8) is 0 Å². The van der Waals surface area contributed by atoms with Crippen LogP contribution < -0.4 is 15.2 Å². The van der Waals surface area contributed by atoms with Crippen LogP contribution in [0.4, 0.5) is 5.95 Å². The summed E-state index contributed by atoms with van der Waals surface area (Å²) in [5.74, 6) is -1.26. The minimum Gasteiger partial charge on any atom is -0.478 e. The first-order chi connectivity index (χ1) is 16.7. The van der Waals surface area contributed by atoms with Crippen LogP contribution in [-0.2, 0) is 10.0 Å². The quantitative estimate of drug-likeness (QED) is 0.382. The van der Waals surface area contributed by atoms with Crippen molar-refractivity contribution >= 4 is 21.9 Å². The van der Waals surface area contributed by atoms with Gasteiger partial charge in [-0.3, -0.25) is 0 Å². The molecule has 2 aromatic carbocycles. The molecule has 0 saturated carbocycles. The Bertz CT molecular complexity index is 1350. The highest BCUT2D eigenvalue weighted by molar-refractivity contribution is 7.92. The fraction of sp³-hybridized carbons (Fsp3) is 0.346. The molecule has 0 saturated heterocycles. The van der Waals surface area contributed by atoms with E-state index >= 15 is 0 Å². The second kappa shape index (κ2) is 10.6. The molecular weight excluding hydrogens is 480 g/mol. The molecule has 0 amide bonds. The van der Waals surface area contributed by atoms with Gasteiger partial charge in [-0.1, -0.05) is 45.0 Å². The predicted molar refractivity (Wildman–Crippen MR) is 139 cm³/mol. The Balaban J connectivity index is 2.00. The van der Waals surface area contributed by atoms with E-state index in [-0.39, 0.29) is 40.4 Å². The van der Waals surface area contributed by atoms with Crippen molar-refractivity contribution in [2.45, 2.75) is 52.0 Å². The van der Waals surface area contributed by atoms with Crippen LogP contribution >= 0.6 is 0 Å². The van der Waals surface area contributed by atoms with Crippen molar-refractivity contribution in [3.05, 3.63) is 65.2 Å². The van der Waals surface area contributed by atoms with Gasteiger partial charge in [0.25, 0.3) is 10.0 Å². The molecular formula is C26H32N4O5S. The summed E-state index contributed by atoms with van der Waals surface area (Å²) in [4.78, 5) is 19.8. The van der Waals surface area contributed by atoms with E-state index in [2.05, 4.69) is 35.5 Å². The molecule has 10 heteroatoms. The van der Waals surface area contributed by atoms with Gasteiger partial charge in [0.2, 0.25) is 11.8 Å². The van der Waals surface area contributed by atoms with Gasteiger partial charge in [-0.25, -0.2) is 22.9 Å². The monoisotopic (exact) mass is 512 g/mol. The molecule has 192 valence electrons. The van der Waals surface area contributed by atoms with Gasteiger partial charge in [-0.05, 0) is 55.0 Å². The van der Waals surface area contributed by atoms with Crippen LogP contribution in [-0.4, -0.2) is 42.1 Å². The normalized spacial score (nSPS) is 12.7. The molecule has 0 aliphatic heterocycles. The second-order valence-electron chi connectivity index (χ2n) is 9.96. The fourth-order valence-corrected chi connectivity index (χ4v) is 4.89. The Morgan fingerprint density at radius 2 is 1.72 bits per heavy atom. The number of benzene rings is 2. The van der Waals surface area contributed by atoms with Crippen LogP contribution in [0.2, 0.25) is 0 Å². The SMILES string of the molecule is Cc1cccc(C)c1-c1cc(OC[C@H](N)CC(C)(C)C)nc(NS(=O)(=O)c2cccc(C(=O)O)c2)n1. The third-order valence-electron chi connectivity index (χ3n) is 5.38.